The molecule has 0 saturated carbocycles. The van der Waals surface area contributed by atoms with Crippen LogP contribution in [0.25, 0.3) is 10.9 Å². The monoisotopic (exact) mass is 287 g/mol. The Labute approximate surface area is 120 Å². The molecule has 0 bridgehead atoms. The molecule has 0 amide bonds. The minimum absolute atomic E-state index is 0.264. The summed E-state index contributed by atoms with van der Waals surface area (Å²) in [5, 5.41) is 5.43. The van der Waals surface area contributed by atoms with Gasteiger partial charge < -0.3 is 5.32 Å². The van der Waals surface area contributed by atoms with Gasteiger partial charge >= 0.3 is 0 Å². The van der Waals surface area contributed by atoms with Crippen molar-refractivity contribution >= 4 is 27.9 Å². The number of aryl methyl sites for hydroxylation is 1. The average Bonchev–Trinajstić information content (AvgIpc) is 2.84. The van der Waals surface area contributed by atoms with Crippen LogP contribution in [0.3, 0.4) is 0 Å². The normalized spacial score (nSPS) is 10.9. The van der Waals surface area contributed by atoms with Crippen molar-refractivity contribution < 1.29 is 4.39 Å². The van der Waals surface area contributed by atoms with Gasteiger partial charge in [0.1, 0.15) is 5.82 Å². The molecule has 0 aliphatic heterocycles. The number of nitrogens with zero attached hydrogens (tertiary/aromatic N) is 2. The van der Waals surface area contributed by atoms with E-state index in [-0.39, 0.29) is 5.82 Å². The third kappa shape index (κ3) is 2.77. The van der Waals surface area contributed by atoms with Gasteiger partial charge in [-0.1, -0.05) is 0 Å². The molecule has 0 aliphatic rings. The van der Waals surface area contributed by atoms with Gasteiger partial charge in [0.05, 0.1) is 10.5 Å². The van der Waals surface area contributed by atoms with Crippen LogP contribution in [0.15, 0.2) is 36.7 Å². The first-order valence-corrected chi connectivity index (χ1v) is 7.23. The molecule has 0 atom stereocenters. The summed E-state index contributed by atoms with van der Waals surface area (Å²) in [6.07, 6.45) is 4.46. The molecule has 1 N–H and O–H groups in total. The van der Waals surface area contributed by atoms with Crippen molar-refractivity contribution in [2.24, 2.45) is 0 Å². The lowest BCUT2D eigenvalue weighted by molar-refractivity contribution is 0.629. The Morgan fingerprint density at radius 1 is 1.25 bits per heavy atom. The van der Waals surface area contributed by atoms with Gasteiger partial charge in [-0.3, -0.25) is 4.98 Å². The summed E-state index contributed by atoms with van der Waals surface area (Å²) in [5.41, 5.74) is 1.64. The fourth-order valence-corrected chi connectivity index (χ4v) is 2.88. The summed E-state index contributed by atoms with van der Waals surface area (Å²) >= 11 is 1.72. The molecule has 0 aliphatic carbocycles. The van der Waals surface area contributed by atoms with E-state index in [4.69, 9.17) is 0 Å². The molecule has 0 fully saturated rings. The largest absolute Gasteiger partial charge is 0.384 e. The molecule has 2 aromatic heterocycles. The first kappa shape index (κ1) is 13.0. The molecular formula is C15H14FN3S. The van der Waals surface area contributed by atoms with E-state index in [1.807, 2.05) is 12.3 Å². The highest BCUT2D eigenvalue weighted by Gasteiger charge is 2.04. The molecule has 5 heteroatoms. The Morgan fingerprint density at radius 3 is 2.95 bits per heavy atom. The first-order valence-electron chi connectivity index (χ1n) is 6.42. The summed E-state index contributed by atoms with van der Waals surface area (Å²) in [7, 11) is 0. The van der Waals surface area contributed by atoms with E-state index < -0.39 is 0 Å². The number of pyridine rings is 1. The summed E-state index contributed by atoms with van der Waals surface area (Å²) < 4.78 is 13.2. The number of nitrogens with one attached hydrogen (secondary N) is 1. The molecule has 0 saturated heterocycles. The average molecular weight is 287 g/mol. The van der Waals surface area contributed by atoms with Crippen LogP contribution in [0, 0.1) is 12.7 Å². The predicted molar refractivity (Wildman–Crippen MR) is 80.7 cm³/mol. The van der Waals surface area contributed by atoms with E-state index in [9.17, 15) is 4.39 Å². The Bertz CT molecular complexity index is 739. The quantitative estimate of drug-likeness (QED) is 0.793. The number of hydrogen-bond acceptors (Lipinski definition) is 4. The highest BCUT2D eigenvalue weighted by Crippen LogP contribution is 2.22. The number of fused-ring (bicyclic) bond motifs is 1. The summed E-state index contributed by atoms with van der Waals surface area (Å²) in [5.74, 6) is -0.264. The molecule has 102 valence electrons. The molecule has 0 spiro atoms. The highest BCUT2D eigenvalue weighted by molar-refractivity contribution is 7.11. The standard InChI is InChI=1S/C15H14FN3S/c1-10-9-19-15(20-10)5-7-17-13-4-6-18-14-8-11(16)2-3-12(13)14/h2-4,6,8-9H,5,7H2,1H3,(H,17,18). The third-order valence-corrected chi connectivity index (χ3v) is 4.00. The highest BCUT2D eigenvalue weighted by atomic mass is 32.1. The Hall–Kier alpha value is -2.01. The number of halogens is 1. The second-order valence-electron chi connectivity index (χ2n) is 4.56. The maximum Gasteiger partial charge on any atom is 0.125 e. The number of benzene rings is 1. The second-order valence-corrected chi connectivity index (χ2v) is 5.88. The molecule has 0 radical (unpaired) electrons. The summed E-state index contributed by atoms with van der Waals surface area (Å²) in [6.45, 7) is 2.85. The second kappa shape index (κ2) is 5.54. The van der Waals surface area contributed by atoms with Crippen molar-refractivity contribution in [1.29, 1.82) is 0 Å². The van der Waals surface area contributed by atoms with Crippen LogP contribution in [-0.2, 0) is 6.42 Å². The van der Waals surface area contributed by atoms with Crippen LogP contribution in [0.2, 0.25) is 0 Å². The molecule has 3 nitrogen and oxygen atoms in total. The fourth-order valence-electron chi connectivity index (χ4n) is 2.10. The molecule has 2 heterocycles. The van der Waals surface area contributed by atoms with Gasteiger partial charge in [-0.2, -0.15) is 0 Å². The van der Waals surface area contributed by atoms with Crippen LogP contribution >= 0.6 is 11.3 Å². The van der Waals surface area contributed by atoms with Gasteiger partial charge in [-0.15, -0.1) is 11.3 Å². The lowest BCUT2D eigenvalue weighted by Crippen LogP contribution is -2.05. The van der Waals surface area contributed by atoms with Gasteiger partial charge in [0, 0.05) is 47.4 Å². The van der Waals surface area contributed by atoms with E-state index in [1.54, 1.807) is 23.6 Å². The zero-order valence-electron chi connectivity index (χ0n) is 11.1. The minimum atomic E-state index is -0.264. The van der Waals surface area contributed by atoms with Crippen LogP contribution in [-0.4, -0.2) is 16.5 Å². The van der Waals surface area contributed by atoms with Crippen molar-refractivity contribution in [2.45, 2.75) is 13.3 Å². The summed E-state index contributed by atoms with van der Waals surface area (Å²) in [6, 6.07) is 6.57. The Kier molecular flexibility index (Phi) is 3.60. The van der Waals surface area contributed by atoms with Crippen molar-refractivity contribution in [1.82, 2.24) is 9.97 Å². The van der Waals surface area contributed by atoms with E-state index in [1.165, 1.54) is 17.0 Å². The Balaban J connectivity index is 1.74. The number of hydrogen-bond donors (Lipinski definition) is 1. The first-order chi connectivity index (χ1) is 9.72. The minimum Gasteiger partial charge on any atom is -0.384 e. The molecular weight excluding hydrogens is 273 g/mol. The van der Waals surface area contributed by atoms with Crippen molar-refractivity contribution in [3.63, 3.8) is 0 Å². The zero-order valence-corrected chi connectivity index (χ0v) is 11.9. The maximum atomic E-state index is 13.2. The SMILES string of the molecule is Cc1cnc(CCNc2ccnc3cc(F)ccc23)s1. The maximum absolute atomic E-state index is 13.2. The predicted octanol–water partition coefficient (Wildman–Crippen LogP) is 3.79. The fraction of sp³-hybridized carbons (Fsp3) is 0.200. The van der Waals surface area contributed by atoms with E-state index in [0.717, 1.165) is 29.0 Å². The Morgan fingerprint density at radius 2 is 2.15 bits per heavy atom. The van der Waals surface area contributed by atoms with Crippen molar-refractivity contribution in [2.75, 3.05) is 11.9 Å². The molecule has 1 aromatic carbocycles. The van der Waals surface area contributed by atoms with E-state index in [0.29, 0.717) is 5.52 Å². The number of rotatable bonds is 4. The van der Waals surface area contributed by atoms with Gasteiger partial charge in [0.15, 0.2) is 0 Å². The number of aromatic nitrogens is 2. The van der Waals surface area contributed by atoms with E-state index in [2.05, 4.69) is 22.2 Å². The van der Waals surface area contributed by atoms with Crippen LogP contribution in [0.4, 0.5) is 10.1 Å². The zero-order chi connectivity index (χ0) is 13.9. The van der Waals surface area contributed by atoms with Gasteiger partial charge in [0.2, 0.25) is 0 Å². The van der Waals surface area contributed by atoms with Gasteiger partial charge in [-0.25, -0.2) is 9.37 Å². The van der Waals surface area contributed by atoms with Crippen molar-refractivity contribution in [3.8, 4) is 0 Å². The van der Waals surface area contributed by atoms with Crippen LogP contribution in [0.1, 0.15) is 9.88 Å². The topological polar surface area (TPSA) is 37.8 Å². The van der Waals surface area contributed by atoms with Crippen LogP contribution in [0.5, 0.6) is 0 Å². The third-order valence-electron chi connectivity index (χ3n) is 3.03. The number of anilines is 1. The van der Waals surface area contributed by atoms with Crippen molar-refractivity contribution in [3.05, 3.63) is 52.4 Å². The molecule has 3 aromatic rings. The molecule has 20 heavy (non-hydrogen) atoms. The molecule has 0 unspecified atom stereocenters. The molecule has 3 rings (SSSR count). The van der Waals surface area contributed by atoms with Crippen LogP contribution < -0.4 is 5.32 Å². The lowest BCUT2D eigenvalue weighted by atomic mass is 10.2. The van der Waals surface area contributed by atoms with Gasteiger partial charge in [0.25, 0.3) is 0 Å². The summed E-state index contributed by atoms with van der Waals surface area (Å²) in [4.78, 5) is 9.75. The van der Waals surface area contributed by atoms with E-state index >= 15 is 0 Å². The smallest absolute Gasteiger partial charge is 0.125 e. The van der Waals surface area contributed by atoms with Gasteiger partial charge in [-0.05, 0) is 25.1 Å². The number of thiazole rings is 1. The lowest BCUT2D eigenvalue weighted by Gasteiger charge is -2.08.